The zero-order valence-electron chi connectivity index (χ0n) is 41.8. The predicted octanol–water partition coefficient (Wildman–Crippen LogP) is 7.93. The van der Waals surface area contributed by atoms with Crippen LogP contribution in [0.25, 0.3) is 11.3 Å². The highest BCUT2D eigenvalue weighted by Gasteiger charge is 2.51. The molecule has 1 aromatic heterocycles. The van der Waals surface area contributed by atoms with Crippen LogP contribution in [-0.4, -0.2) is 148 Å². The number of fused-ring (bicyclic) bond motifs is 2. The first-order valence-corrected chi connectivity index (χ1v) is 29.3. The standard InChI is InChI=1S/C54H62ClF3N8O6S3/c1-35-49-50(51(61(35)2)36-8-10-37(55)11-9-36)44-32-40(33-46-52(44)66(53(49)69)29-28-65(46)30-31-67)64-26-24-63(25-27-64)39-14-12-38(13-15-39)60-74(70)43-16-17-45(47(34-43)75(71,72)54(56,57)58)59-48(73-42-6-4-3-5-7-42)20-23-62-21-18-41(68)19-22-62/h3-16,32,34,41,44-45,48,59-60,67-68H,17-31,33H2,1-2H3/t44?,45?,48-,74?/m0/s1. The number of carbonyl (C=O) groups is 1. The number of alkyl halides is 3. The van der Waals surface area contributed by atoms with Crippen LogP contribution in [0.5, 0.6) is 0 Å². The quantitative estimate of drug-likeness (QED) is 0.0488. The fourth-order valence-corrected chi connectivity index (χ4v) is 14.7. The molecule has 2 aliphatic carbocycles. The molecule has 6 aliphatic rings. The van der Waals surface area contributed by atoms with Gasteiger partial charge in [-0.2, -0.15) is 13.2 Å². The van der Waals surface area contributed by atoms with Crippen LogP contribution < -0.4 is 14.9 Å². The number of sulfone groups is 1. The molecule has 1 amide bonds. The average Bonchev–Trinajstić information content (AvgIpc) is 3.67. The Morgan fingerprint density at radius 2 is 1.61 bits per heavy atom. The van der Waals surface area contributed by atoms with Crippen LogP contribution in [0.4, 0.5) is 24.5 Å². The van der Waals surface area contributed by atoms with Crippen molar-refractivity contribution in [2.24, 2.45) is 7.05 Å². The number of aliphatic hydroxyl groups is 2. The number of aliphatic hydroxyl groups excluding tert-OH is 2. The van der Waals surface area contributed by atoms with Crippen molar-refractivity contribution in [3.05, 3.63) is 146 Å². The lowest BCUT2D eigenvalue weighted by molar-refractivity contribution is -0.0428. The van der Waals surface area contributed by atoms with Crippen molar-refractivity contribution in [2.75, 3.05) is 81.7 Å². The highest BCUT2D eigenvalue weighted by Crippen LogP contribution is 2.51. The van der Waals surface area contributed by atoms with Crippen molar-refractivity contribution >= 4 is 61.8 Å². The number of amides is 1. The Kier molecular flexibility index (Phi) is 15.8. The fraction of sp³-hybridized carbons (Fsp3) is 0.426. The number of carbonyl (C=O) groups excluding carboxylic acids is 1. The van der Waals surface area contributed by atoms with Crippen molar-refractivity contribution in [3.63, 3.8) is 0 Å². The van der Waals surface area contributed by atoms with E-state index in [0.29, 0.717) is 102 Å². The molecule has 75 heavy (non-hydrogen) atoms. The second-order valence-electron chi connectivity index (χ2n) is 19.8. The maximum Gasteiger partial charge on any atom is 0.501 e. The van der Waals surface area contributed by atoms with E-state index in [4.69, 9.17) is 11.6 Å². The number of likely N-dealkylation sites (tertiary alicyclic amines) is 1. The SMILES string of the molecule is Cc1c2c(c(-c3ccc(Cl)cc3)n1C)C1C=C(N3CCN(c4ccc(N[S+]([O-])C5=CCC(N[C@H](CCN6CCC(O)CC6)Sc6ccccc6)C(S(=O)(=O)C(F)(F)F)=C5)cc4)CC3)CC3=C1N(CCN3CCO)C2=O. The Balaban J connectivity index is 0.825. The van der Waals surface area contributed by atoms with Gasteiger partial charge in [-0.15, -0.1) is 11.8 Å². The minimum Gasteiger partial charge on any atom is -0.588 e. The monoisotopic (exact) mass is 1110 g/mol. The van der Waals surface area contributed by atoms with E-state index in [1.165, 1.54) is 17.8 Å². The number of hydrogen-bond donors (Lipinski definition) is 4. The average molecular weight is 1110 g/mol. The van der Waals surface area contributed by atoms with E-state index in [0.717, 1.165) is 61.8 Å². The Labute approximate surface area is 448 Å². The number of β-amino-alcohol motifs (C(OH)–C–C–N with tert-alkyl or cyclic N) is 1. The summed E-state index contributed by atoms with van der Waals surface area (Å²) < 4.78 is 88.3. The molecule has 4 atom stereocenters. The molecule has 3 unspecified atom stereocenters. The van der Waals surface area contributed by atoms with Gasteiger partial charge in [0, 0.05) is 135 Å². The number of piperazine rings is 1. The first-order chi connectivity index (χ1) is 36.0. The third kappa shape index (κ3) is 11.0. The molecule has 400 valence electrons. The van der Waals surface area contributed by atoms with E-state index in [2.05, 4.69) is 40.3 Å². The summed E-state index contributed by atoms with van der Waals surface area (Å²) in [7, 11) is -3.81. The van der Waals surface area contributed by atoms with Crippen molar-refractivity contribution in [1.29, 1.82) is 0 Å². The summed E-state index contributed by atoms with van der Waals surface area (Å²) in [5.41, 5.74) is 3.57. The molecule has 0 saturated carbocycles. The first-order valence-electron chi connectivity index (χ1n) is 25.4. The normalized spacial score (nSPS) is 21.6. The Hall–Kier alpha value is -4.90. The zero-order valence-corrected chi connectivity index (χ0v) is 45.0. The third-order valence-electron chi connectivity index (χ3n) is 15.4. The molecule has 2 fully saturated rings. The van der Waals surface area contributed by atoms with E-state index < -0.39 is 43.0 Å². The summed E-state index contributed by atoms with van der Waals surface area (Å²) in [5.74, 6) is -0.191. The molecule has 4 aromatic rings. The van der Waals surface area contributed by atoms with Gasteiger partial charge >= 0.3 is 5.51 Å². The largest absolute Gasteiger partial charge is 0.588 e. The topological polar surface area (TPSA) is 160 Å². The van der Waals surface area contributed by atoms with E-state index in [1.54, 1.807) is 12.1 Å². The molecule has 3 aromatic carbocycles. The van der Waals surface area contributed by atoms with Gasteiger partial charge in [-0.25, -0.2) is 13.1 Å². The highest BCUT2D eigenvalue weighted by atomic mass is 35.5. The van der Waals surface area contributed by atoms with E-state index >= 15 is 0 Å². The van der Waals surface area contributed by atoms with Gasteiger partial charge in [0.25, 0.3) is 15.7 Å². The molecule has 0 radical (unpaired) electrons. The van der Waals surface area contributed by atoms with Crippen molar-refractivity contribution in [3.8, 4) is 11.3 Å². The van der Waals surface area contributed by atoms with Gasteiger partial charge in [-0.05, 0) is 92.8 Å². The van der Waals surface area contributed by atoms with Gasteiger partial charge in [-0.3, -0.25) is 10.1 Å². The van der Waals surface area contributed by atoms with Crippen LogP contribution >= 0.6 is 23.4 Å². The van der Waals surface area contributed by atoms with Crippen LogP contribution in [-0.2, 0) is 28.2 Å². The number of hydrogen-bond acceptors (Lipinski definition) is 13. The van der Waals surface area contributed by atoms with Gasteiger partial charge in [0.2, 0.25) is 0 Å². The van der Waals surface area contributed by atoms with Gasteiger partial charge in [-0.1, -0.05) is 48.0 Å². The minimum atomic E-state index is -5.82. The highest BCUT2D eigenvalue weighted by molar-refractivity contribution is 8.00. The summed E-state index contributed by atoms with van der Waals surface area (Å²) in [4.78, 5) is 25.4. The van der Waals surface area contributed by atoms with Gasteiger partial charge < -0.3 is 43.8 Å². The molecular formula is C54H62ClF3N8O6S3. The molecule has 10 rings (SSSR count). The number of aromatic nitrogens is 1. The fourth-order valence-electron chi connectivity index (χ4n) is 11.3. The number of rotatable bonds is 16. The summed E-state index contributed by atoms with van der Waals surface area (Å²) in [6.45, 7) is 8.41. The molecular weight excluding hydrogens is 1050 g/mol. The lowest BCUT2D eigenvalue weighted by atomic mass is 9.79. The van der Waals surface area contributed by atoms with E-state index in [1.807, 2.05) is 85.6 Å². The third-order valence-corrected chi connectivity index (χ3v) is 19.6. The number of halogens is 4. The smallest absolute Gasteiger partial charge is 0.501 e. The molecule has 2 saturated heterocycles. The van der Waals surface area contributed by atoms with Gasteiger partial charge in [0.05, 0.1) is 45.6 Å². The molecule has 0 spiro atoms. The maximum atomic E-state index is 14.4. The van der Waals surface area contributed by atoms with Crippen molar-refractivity contribution in [1.82, 2.24) is 29.5 Å². The summed E-state index contributed by atoms with van der Waals surface area (Å²) >= 11 is 5.64. The lowest BCUT2D eigenvalue weighted by Crippen LogP contribution is -2.51. The number of allylic oxidation sites excluding steroid dienone is 2. The maximum absolute atomic E-state index is 14.4. The second kappa shape index (κ2) is 22.2. The number of nitrogens with one attached hydrogen (secondary N) is 2. The molecule has 4 N–H and O–H groups in total. The number of piperidine rings is 1. The van der Waals surface area contributed by atoms with Crippen LogP contribution in [0.1, 0.15) is 59.6 Å². The van der Waals surface area contributed by atoms with E-state index in [9.17, 15) is 41.1 Å². The van der Waals surface area contributed by atoms with Crippen LogP contribution in [0.15, 0.2) is 129 Å². The number of nitrogens with zero attached hydrogens (tertiary/aromatic N) is 6. The van der Waals surface area contributed by atoms with Crippen LogP contribution in [0.3, 0.4) is 0 Å². The summed E-state index contributed by atoms with van der Waals surface area (Å²) in [6.07, 6.45) is 6.64. The van der Waals surface area contributed by atoms with Crippen molar-refractivity contribution in [2.45, 2.75) is 72.9 Å². The first kappa shape index (κ1) is 53.5. The minimum absolute atomic E-state index is 0.00386. The Morgan fingerprint density at radius 1 is 0.920 bits per heavy atom. The predicted molar refractivity (Wildman–Crippen MR) is 290 cm³/mol. The molecule has 21 heteroatoms. The van der Waals surface area contributed by atoms with Crippen LogP contribution in [0, 0.1) is 6.92 Å². The Bertz CT molecular complexity index is 2990. The van der Waals surface area contributed by atoms with Gasteiger partial charge in [0.1, 0.15) is 11.4 Å². The number of thioether (sulfide) groups is 1. The summed E-state index contributed by atoms with van der Waals surface area (Å²) in [5, 5.41) is 23.5. The van der Waals surface area contributed by atoms with E-state index in [-0.39, 0.29) is 35.9 Å². The Morgan fingerprint density at radius 3 is 2.29 bits per heavy atom. The van der Waals surface area contributed by atoms with Crippen molar-refractivity contribution < 1.29 is 41.1 Å². The lowest BCUT2D eigenvalue weighted by Gasteiger charge is -2.48. The second-order valence-corrected chi connectivity index (χ2v) is 24.7. The number of benzene rings is 3. The zero-order chi connectivity index (χ0) is 52.8. The number of anilines is 2. The molecule has 4 aliphatic heterocycles. The summed E-state index contributed by atoms with van der Waals surface area (Å²) in [6, 6.07) is 23.2. The molecule has 5 heterocycles. The molecule has 0 bridgehead atoms. The van der Waals surface area contributed by atoms with Gasteiger partial charge in [0.15, 0.2) is 4.91 Å². The van der Waals surface area contributed by atoms with Crippen LogP contribution in [0.2, 0.25) is 5.02 Å². The molecule has 14 nitrogen and oxygen atoms in total.